The normalized spacial score (nSPS) is 12.0. The van der Waals surface area contributed by atoms with E-state index in [-0.39, 0.29) is 23.8 Å². The standard InChI is InChI=1S/C22H31N3O2S/c1-14-15(2)28-20(23-14)24-18(26)13-25(22(6,7)8)19(27)16-9-11-17(12-10-16)21(3,4)5/h9-12H,13H2,1-8H3,(H,23,24,26). The van der Waals surface area contributed by atoms with Crippen LogP contribution in [0.15, 0.2) is 24.3 Å². The highest BCUT2D eigenvalue weighted by atomic mass is 32.1. The first-order valence-corrected chi connectivity index (χ1v) is 10.3. The first-order chi connectivity index (χ1) is 12.8. The highest BCUT2D eigenvalue weighted by Crippen LogP contribution is 2.24. The fourth-order valence-electron chi connectivity index (χ4n) is 2.71. The van der Waals surface area contributed by atoms with Crippen LogP contribution in [0.4, 0.5) is 5.13 Å². The molecule has 0 bridgehead atoms. The molecule has 0 radical (unpaired) electrons. The second-order valence-corrected chi connectivity index (χ2v) is 10.3. The molecule has 0 atom stereocenters. The van der Waals surface area contributed by atoms with Gasteiger partial charge >= 0.3 is 0 Å². The second kappa shape index (κ2) is 8.03. The Bertz CT molecular complexity index is 836. The molecule has 0 fully saturated rings. The van der Waals surface area contributed by atoms with Crippen molar-refractivity contribution >= 4 is 28.3 Å². The largest absolute Gasteiger partial charge is 0.324 e. The lowest BCUT2D eigenvalue weighted by Gasteiger charge is -2.35. The van der Waals surface area contributed by atoms with Crippen molar-refractivity contribution < 1.29 is 9.59 Å². The van der Waals surface area contributed by atoms with E-state index in [0.29, 0.717) is 10.7 Å². The number of rotatable bonds is 4. The molecule has 6 heteroatoms. The number of nitrogens with one attached hydrogen (secondary N) is 1. The Balaban J connectivity index is 2.18. The first kappa shape index (κ1) is 22.1. The monoisotopic (exact) mass is 401 g/mol. The van der Waals surface area contributed by atoms with Gasteiger partial charge in [0.05, 0.1) is 5.69 Å². The maximum atomic E-state index is 13.1. The summed E-state index contributed by atoms with van der Waals surface area (Å²) in [6.45, 7) is 16.1. The first-order valence-electron chi connectivity index (χ1n) is 9.45. The summed E-state index contributed by atoms with van der Waals surface area (Å²) < 4.78 is 0. The number of thiazole rings is 1. The summed E-state index contributed by atoms with van der Waals surface area (Å²) in [6, 6.07) is 7.64. The van der Waals surface area contributed by atoms with Gasteiger partial charge in [-0.1, -0.05) is 32.9 Å². The summed E-state index contributed by atoms with van der Waals surface area (Å²) in [5, 5.41) is 3.38. The Morgan fingerprint density at radius 2 is 1.61 bits per heavy atom. The Hall–Kier alpha value is -2.21. The highest BCUT2D eigenvalue weighted by molar-refractivity contribution is 7.15. The Morgan fingerprint density at radius 1 is 1.04 bits per heavy atom. The zero-order chi connectivity index (χ0) is 21.3. The summed E-state index contributed by atoms with van der Waals surface area (Å²) in [4.78, 5) is 32.7. The van der Waals surface area contributed by atoms with Crippen LogP contribution in [0.1, 0.15) is 68.0 Å². The van der Waals surface area contributed by atoms with E-state index >= 15 is 0 Å². The number of aromatic nitrogens is 1. The molecule has 5 nitrogen and oxygen atoms in total. The zero-order valence-electron chi connectivity index (χ0n) is 18.1. The molecular weight excluding hydrogens is 370 g/mol. The van der Waals surface area contributed by atoms with Crippen LogP contribution in [0.25, 0.3) is 0 Å². The molecule has 2 amide bonds. The van der Waals surface area contributed by atoms with Crippen LogP contribution in [-0.4, -0.2) is 33.8 Å². The minimum absolute atomic E-state index is 0.0230. The van der Waals surface area contributed by atoms with E-state index in [9.17, 15) is 9.59 Å². The van der Waals surface area contributed by atoms with Crippen LogP contribution in [0, 0.1) is 13.8 Å². The number of anilines is 1. The molecule has 0 aliphatic heterocycles. The minimum Gasteiger partial charge on any atom is -0.324 e. The predicted octanol–water partition coefficient (Wildman–Crippen LogP) is 4.94. The Kier molecular flexibility index (Phi) is 6.34. The molecule has 2 aromatic rings. The van der Waals surface area contributed by atoms with Crippen molar-refractivity contribution in [1.82, 2.24) is 9.88 Å². The summed E-state index contributed by atoms with van der Waals surface area (Å²) in [5.74, 6) is -0.405. The molecule has 0 aliphatic carbocycles. The molecule has 2 rings (SSSR count). The van der Waals surface area contributed by atoms with Crippen LogP contribution in [0.5, 0.6) is 0 Å². The molecule has 0 saturated carbocycles. The van der Waals surface area contributed by atoms with E-state index in [2.05, 4.69) is 31.1 Å². The Labute approximate surface area is 172 Å². The maximum absolute atomic E-state index is 13.1. The van der Waals surface area contributed by atoms with Gasteiger partial charge in [-0.3, -0.25) is 9.59 Å². The summed E-state index contributed by atoms with van der Waals surface area (Å²) in [5.41, 5.74) is 2.18. The van der Waals surface area contributed by atoms with Crippen molar-refractivity contribution in [2.24, 2.45) is 0 Å². The van der Waals surface area contributed by atoms with E-state index in [1.807, 2.05) is 58.9 Å². The van der Waals surface area contributed by atoms with Gasteiger partial charge in [-0.15, -0.1) is 11.3 Å². The molecule has 0 unspecified atom stereocenters. The zero-order valence-corrected chi connectivity index (χ0v) is 19.0. The molecule has 0 saturated heterocycles. The predicted molar refractivity (Wildman–Crippen MR) is 116 cm³/mol. The lowest BCUT2D eigenvalue weighted by molar-refractivity contribution is -0.117. The number of hydrogen-bond donors (Lipinski definition) is 1. The van der Waals surface area contributed by atoms with Crippen LogP contribution < -0.4 is 5.32 Å². The maximum Gasteiger partial charge on any atom is 0.254 e. The number of aryl methyl sites for hydroxylation is 2. The SMILES string of the molecule is Cc1nc(NC(=O)CN(C(=O)c2ccc(C(C)(C)C)cc2)C(C)(C)C)sc1C. The fourth-order valence-corrected chi connectivity index (χ4v) is 3.54. The van der Waals surface area contributed by atoms with Crippen LogP contribution in [0.2, 0.25) is 0 Å². The highest BCUT2D eigenvalue weighted by Gasteiger charge is 2.30. The topological polar surface area (TPSA) is 62.3 Å². The van der Waals surface area contributed by atoms with E-state index in [1.165, 1.54) is 16.9 Å². The Morgan fingerprint density at radius 3 is 2.04 bits per heavy atom. The van der Waals surface area contributed by atoms with Crippen molar-refractivity contribution in [3.63, 3.8) is 0 Å². The molecular formula is C22H31N3O2S. The number of benzene rings is 1. The number of carbonyl (C=O) groups is 2. The molecule has 1 N–H and O–H groups in total. The van der Waals surface area contributed by atoms with Gasteiger partial charge in [-0.2, -0.15) is 0 Å². The van der Waals surface area contributed by atoms with E-state index in [1.54, 1.807) is 4.90 Å². The van der Waals surface area contributed by atoms with Crippen molar-refractivity contribution in [1.29, 1.82) is 0 Å². The minimum atomic E-state index is -0.494. The van der Waals surface area contributed by atoms with Crippen molar-refractivity contribution in [2.45, 2.75) is 66.3 Å². The average Bonchev–Trinajstić information content (AvgIpc) is 2.88. The fraction of sp³-hybridized carbons (Fsp3) is 0.500. The van der Waals surface area contributed by atoms with Gasteiger partial charge in [0, 0.05) is 16.0 Å². The van der Waals surface area contributed by atoms with Gasteiger partial charge in [-0.25, -0.2) is 4.98 Å². The summed E-state index contributed by atoms with van der Waals surface area (Å²) in [6.07, 6.45) is 0. The van der Waals surface area contributed by atoms with Crippen LogP contribution in [-0.2, 0) is 10.2 Å². The molecule has 1 aromatic heterocycles. The molecule has 28 heavy (non-hydrogen) atoms. The van der Waals surface area contributed by atoms with Gasteiger partial charge in [0.2, 0.25) is 5.91 Å². The number of nitrogens with zero attached hydrogens (tertiary/aromatic N) is 2. The lowest BCUT2D eigenvalue weighted by atomic mass is 9.86. The summed E-state index contributed by atoms with van der Waals surface area (Å²) in [7, 11) is 0. The van der Waals surface area contributed by atoms with Crippen LogP contribution >= 0.6 is 11.3 Å². The number of carbonyl (C=O) groups excluding carboxylic acids is 2. The lowest BCUT2D eigenvalue weighted by Crippen LogP contribution is -2.49. The van der Waals surface area contributed by atoms with E-state index < -0.39 is 5.54 Å². The second-order valence-electron chi connectivity index (χ2n) is 9.10. The quantitative estimate of drug-likeness (QED) is 0.789. The number of hydrogen-bond acceptors (Lipinski definition) is 4. The molecule has 1 heterocycles. The summed E-state index contributed by atoms with van der Waals surface area (Å²) >= 11 is 1.44. The van der Waals surface area contributed by atoms with Crippen molar-refractivity contribution in [3.8, 4) is 0 Å². The van der Waals surface area contributed by atoms with Crippen molar-refractivity contribution in [2.75, 3.05) is 11.9 Å². The third kappa shape index (κ3) is 5.41. The van der Waals surface area contributed by atoms with E-state index in [4.69, 9.17) is 0 Å². The third-order valence-electron chi connectivity index (χ3n) is 4.63. The van der Waals surface area contributed by atoms with Crippen molar-refractivity contribution in [3.05, 3.63) is 46.0 Å². The molecule has 152 valence electrons. The van der Waals surface area contributed by atoms with E-state index in [0.717, 1.165) is 10.6 Å². The van der Waals surface area contributed by atoms with Gasteiger partial charge in [0.1, 0.15) is 6.54 Å². The van der Waals surface area contributed by atoms with Crippen LogP contribution in [0.3, 0.4) is 0 Å². The van der Waals surface area contributed by atoms with Gasteiger partial charge in [0.25, 0.3) is 5.91 Å². The third-order valence-corrected chi connectivity index (χ3v) is 5.62. The van der Waals surface area contributed by atoms with Gasteiger partial charge in [-0.05, 0) is 57.7 Å². The van der Waals surface area contributed by atoms with Gasteiger partial charge < -0.3 is 10.2 Å². The average molecular weight is 402 g/mol. The molecule has 1 aromatic carbocycles. The smallest absolute Gasteiger partial charge is 0.254 e. The molecule has 0 spiro atoms. The number of amides is 2. The van der Waals surface area contributed by atoms with Gasteiger partial charge in [0.15, 0.2) is 5.13 Å². The molecule has 0 aliphatic rings.